The van der Waals surface area contributed by atoms with E-state index in [2.05, 4.69) is 28.2 Å². The van der Waals surface area contributed by atoms with Crippen molar-refractivity contribution < 1.29 is 13.9 Å². The standard InChI is InChI=1S/C18H21BrFNO2/c1-3-10-21-11-15-16(19)8-9-17(22-2)18(15)23-12-13-4-6-14(20)7-5-13/h4-9,21H,3,10-12H2,1-2H3. The molecule has 23 heavy (non-hydrogen) atoms. The Morgan fingerprint density at radius 1 is 1.13 bits per heavy atom. The largest absolute Gasteiger partial charge is 0.493 e. The Kier molecular flexibility index (Phi) is 6.86. The molecule has 0 atom stereocenters. The fourth-order valence-corrected chi connectivity index (χ4v) is 2.64. The molecular weight excluding hydrogens is 361 g/mol. The second-order valence-electron chi connectivity index (χ2n) is 5.15. The molecule has 3 nitrogen and oxygen atoms in total. The first-order valence-electron chi connectivity index (χ1n) is 7.59. The van der Waals surface area contributed by atoms with Gasteiger partial charge in [0.2, 0.25) is 0 Å². The van der Waals surface area contributed by atoms with Crippen LogP contribution in [0.15, 0.2) is 40.9 Å². The zero-order valence-electron chi connectivity index (χ0n) is 13.4. The van der Waals surface area contributed by atoms with Gasteiger partial charge in [-0.25, -0.2) is 4.39 Å². The molecule has 1 N–H and O–H groups in total. The van der Waals surface area contributed by atoms with Gasteiger partial charge in [-0.15, -0.1) is 0 Å². The summed E-state index contributed by atoms with van der Waals surface area (Å²) in [5, 5.41) is 3.37. The smallest absolute Gasteiger partial charge is 0.167 e. The van der Waals surface area contributed by atoms with Crippen molar-refractivity contribution in [1.29, 1.82) is 0 Å². The average Bonchev–Trinajstić information content (AvgIpc) is 2.56. The zero-order chi connectivity index (χ0) is 16.7. The summed E-state index contributed by atoms with van der Waals surface area (Å²) < 4.78 is 25.4. The highest BCUT2D eigenvalue weighted by atomic mass is 79.9. The second-order valence-corrected chi connectivity index (χ2v) is 6.00. The minimum absolute atomic E-state index is 0.252. The Balaban J connectivity index is 2.19. The third-order valence-electron chi connectivity index (χ3n) is 3.41. The van der Waals surface area contributed by atoms with Crippen molar-refractivity contribution in [3.8, 4) is 11.5 Å². The molecule has 0 unspecified atom stereocenters. The first kappa shape index (κ1) is 17.8. The third-order valence-corrected chi connectivity index (χ3v) is 4.16. The maximum Gasteiger partial charge on any atom is 0.167 e. The fraction of sp³-hybridized carbons (Fsp3) is 0.333. The normalized spacial score (nSPS) is 10.6. The van der Waals surface area contributed by atoms with Crippen LogP contribution in [0.1, 0.15) is 24.5 Å². The van der Waals surface area contributed by atoms with Crippen LogP contribution in [0.5, 0.6) is 11.5 Å². The molecule has 0 saturated carbocycles. The minimum atomic E-state index is -0.252. The van der Waals surface area contributed by atoms with Gasteiger partial charge in [-0.1, -0.05) is 35.0 Å². The van der Waals surface area contributed by atoms with E-state index in [-0.39, 0.29) is 5.82 Å². The van der Waals surface area contributed by atoms with E-state index in [4.69, 9.17) is 9.47 Å². The molecule has 0 radical (unpaired) electrons. The highest BCUT2D eigenvalue weighted by Gasteiger charge is 2.14. The van der Waals surface area contributed by atoms with E-state index in [0.717, 1.165) is 28.6 Å². The summed E-state index contributed by atoms with van der Waals surface area (Å²) >= 11 is 3.57. The number of nitrogens with one attached hydrogen (secondary N) is 1. The molecule has 5 heteroatoms. The number of methoxy groups -OCH3 is 1. The predicted octanol–water partition coefficient (Wildman–Crippen LogP) is 4.68. The summed E-state index contributed by atoms with van der Waals surface area (Å²) in [4.78, 5) is 0. The summed E-state index contributed by atoms with van der Waals surface area (Å²) in [6, 6.07) is 10.1. The summed E-state index contributed by atoms with van der Waals surface area (Å²) in [6.45, 7) is 4.10. The van der Waals surface area contributed by atoms with Gasteiger partial charge in [0, 0.05) is 16.6 Å². The zero-order valence-corrected chi connectivity index (χ0v) is 15.0. The van der Waals surface area contributed by atoms with Crippen LogP contribution in [0.3, 0.4) is 0 Å². The number of benzene rings is 2. The van der Waals surface area contributed by atoms with Gasteiger partial charge in [0.05, 0.1) is 7.11 Å². The van der Waals surface area contributed by atoms with Gasteiger partial charge >= 0.3 is 0 Å². The van der Waals surface area contributed by atoms with Crippen LogP contribution < -0.4 is 14.8 Å². The van der Waals surface area contributed by atoms with Gasteiger partial charge in [-0.3, -0.25) is 0 Å². The highest BCUT2D eigenvalue weighted by Crippen LogP contribution is 2.36. The number of halogens is 2. The molecular formula is C18H21BrFNO2. The van der Waals surface area contributed by atoms with E-state index in [0.29, 0.717) is 24.7 Å². The van der Waals surface area contributed by atoms with Gasteiger partial charge in [0.15, 0.2) is 11.5 Å². The molecule has 2 aromatic carbocycles. The second kappa shape index (κ2) is 8.89. The lowest BCUT2D eigenvalue weighted by molar-refractivity contribution is 0.280. The lowest BCUT2D eigenvalue weighted by Gasteiger charge is -2.17. The van der Waals surface area contributed by atoms with Crippen LogP contribution in [0.25, 0.3) is 0 Å². The molecule has 0 heterocycles. The van der Waals surface area contributed by atoms with Crippen LogP contribution in [-0.2, 0) is 13.2 Å². The van der Waals surface area contributed by atoms with Crippen LogP contribution in [-0.4, -0.2) is 13.7 Å². The van der Waals surface area contributed by atoms with Gasteiger partial charge in [-0.2, -0.15) is 0 Å². The maximum absolute atomic E-state index is 13.0. The molecule has 2 rings (SSSR count). The Hall–Kier alpha value is -1.59. The van der Waals surface area contributed by atoms with E-state index in [1.54, 1.807) is 19.2 Å². The summed E-state index contributed by atoms with van der Waals surface area (Å²) in [5.41, 5.74) is 1.92. The monoisotopic (exact) mass is 381 g/mol. The fourth-order valence-electron chi connectivity index (χ4n) is 2.19. The van der Waals surface area contributed by atoms with Gasteiger partial charge in [-0.05, 0) is 42.8 Å². The maximum atomic E-state index is 13.0. The van der Waals surface area contributed by atoms with Crippen LogP contribution in [0, 0.1) is 5.82 Å². The van der Waals surface area contributed by atoms with E-state index < -0.39 is 0 Å². The molecule has 0 spiro atoms. The first-order valence-corrected chi connectivity index (χ1v) is 8.38. The highest BCUT2D eigenvalue weighted by molar-refractivity contribution is 9.10. The molecule has 124 valence electrons. The number of hydrogen-bond donors (Lipinski definition) is 1. The Bertz CT molecular complexity index is 632. The third kappa shape index (κ3) is 4.94. The van der Waals surface area contributed by atoms with E-state index in [1.807, 2.05) is 12.1 Å². The quantitative estimate of drug-likeness (QED) is 0.673. The lowest BCUT2D eigenvalue weighted by atomic mass is 10.1. The van der Waals surface area contributed by atoms with Crippen LogP contribution in [0.4, 0.5) is 4.39 Å². The average molecular weight is 382 g/mol. The van der Waals surface area contributed by atoms with Gasteiger partial charge in [0.1, 0.15) is 12.4 Å². The minimum Gasteiger partial charge on any atom is -0.493 e. The Morgan fingerprint density at radius 3 is 2.52 bits per heavy atom. The van der Waals surface area contributed by atoms with Crippen molar-refractivity contribution in [3.05, 3.63) is 57.8 Å². The number of ether oxygens (including phenoxy) is 2. The van der Waals surface area contributed by atoms with E-state index >= 15 is 0 Å². The van der Waals surface area contributed by atoms with Crippen molar-refractivity contribution in [2.75, 3.05) is 13.7 Å². The van der Waals surface area contributed by atoms with E-state index in [9.17, 15) is 4.39 Å². The van der Waals surface area contributed by atoms with Crippen molar-refractivity contribution in [2.45, 2.75) is 26.5 Å². The molecule has 0 aliphatic carbocycles. The summed E-state index contributed by atoms with van der Waals surface area (Å²) in [6.07, 6.45) is 1.06. The Labute approximate surface area is 144 Å². The Morgan fingerprint density at radius 2 is 1.87 bits per heavy atom. The molecule has 0 aliphatic heterocycles. The number of hydrogen-bond acceptors (Lipinski definition) is 3. The molecule has 0 aromatic heterocycles. The SMILES string of the molecule is CCCNCc1c(Br)ccc(OC)c1OCc1ccc(F)cc1. The van der Waals surface area contributed by atoms with Crippen molar-refractivity contribution >= 4 is 15.9 Å². The topological polar surface area (TPSA) is 30.5 Å². The lowest BCUT2D eigenvalue weighted by Crippen LogP contribution is -2.15. The van der Waals surface area contributed by atoms with E-state index in [1.165, 1.54) is 12.1 Å². The van der Waals surface area contributed by atoms with Crippen molar-refractivity contribution in [3.63, 3.8) is 0 Å². The molecule has 0 aliphatic rings. The summed E-state index contributed by atoms with van der Waals surface area (Å²) in [5.74, 6) is 1.14. The van der Waals surface area contributed by atoms with Gasteiger partial charge in [0.25, 0.3) is 0 Å². The summed E-state index contributed by atoms with van der Waals surface area (Å²) in [7, 11) is 1.62. The molecule has 0 saturated heterocycles. The molecule has 0 fully saturated rings. The van der Waals surface area contributed by atoms with Gasteiger partial charge < -0.3 is 14.8 Å². The predicted molar refractivity (Wildman–Crippen MR) is 93.4 cm³/mol. The van der Waals surface area contributed by atoms with Crippen molar-refractivity contribution in [2.24, 2.45) is 0 Å². The molecule has 2 aromatic rings. The molecule has 0 amide bonds. The first-order chi connectivity index (χ1) is 11.2. The van der Waals surface area contributed by atoms with Crippen molar-refractivity contribution in [1.82, 2.24) is 5.32 Å². The molecule has 0 bridgehead atoms. The van der Waals surface area contributed by atoms with Crippen LogP contribution >= 0.6 is 15.9 Å². The van der Waals surface area contributed by atoms with Crippen LogP contribution in [0.2, 0.25) is 0 Å². The number of rotatable bonds is 8.